The number of halogens is 4. The highest BCUT2D eigenvalue weighted by atomic mass is 32.2. The molecule has 0 bridgehead atoms. The number of hydrogen-bond donors (Lipinski definition) is 1. The first-order valence-electron chi connectivity index (χ1n) is 5.31. The molecule has 6 nitrogen and oxygen atoms in total. The van der Waals surface area contributed by atoms with Crippen LogP contribution >= 0.6 is 0 Å². The number of hydrogen-bond acceptors (Lipinski definition) is 4. The fourth-order valence-corrected chi connectivity index (χ4v) is 2.34. The van der Waals surface area contributed by atoms with Gasteiger partial charge >= 0.3 is 6.18 Å². The highest BCUT2D eigenvalue weighted by molar-refractivity contribution is 7.89. The van der Waals surface area contributed by atoms with Crippen LogP contribution in [0.2, 0.25) is 0 Å². The van der Waals surface area contributed by atoms with Crippen LogP contribution in [0.3, 0.4) is 0 Å². The Kier molecular flexibility index (Phi) is 3.49. The van der Waals surface area contributed by atoms with Crippen LogP contribution in [0.1, 0.15) is 5.56 Å². The van der Waals surface area contributed by atoms with Crippen LogP contribution in [0.5, 0.6) is 0 Å². The molecule has 1 aromatic carbocycles. The maximum absolute atomic E-state index is 14.0. The van der Waals surface area contributed by atoms with E-state index in [1.807, 2.05) is 0 Å². The number of sulfonamides is 1. The predicted octanol–water partition coefficient (Wildman–Crippen LogP) is 1.29. The average Bonchev–Trinajstić information content (AvgIpc) is 2.69. The number of nitrogens with two attached hydrogens (primary N) is 1. The fourth-order valence-electron chi connectivity index (χ4n) is 1.72. The topological polar surface area (TPSA) is 90.9 Å². The summed E-state index contributed by atoms with van der Waals surface area (Å²) in [6, 6.07) is 2.57. The van der Waals surface area contributed by atoms with Crippen molar-refractivity contribution in [2.75, 3.05) is 0 Å². The van der Waals surface area contributed by atoms with E-state index in [0.29, 0.717) is 6.07 Å². The molecule has 0 spiro atoms. The Labute approximate surface area is 116 Å². The van der Waals surface area contributed by atoms with E-state index in [4.69, 9.17) is 5.14 Å². The standard InChI is InChI=1S/C10H8F4N4O2S/c1-18-8(16-17-9(18)21(15,19)20)5-3-2-4-6(7(5)11)10(12,13)14/h2-4H,1H3,(H2,15,19,20). The molecule has 0 amide bonds. The number of aromatic nitrogens is 3. The molecule has 0 aliphatic carbocycles. The summed E-state index contributed by atoms with van der Waals surface area (Å²) in [6.45, 7) is 0. The molecule has 0 unspecified atom stereocenters. The molecule has 11 heteroatoms. The molecule has 0 fully saturated rings. The normalized spacial score (nSPS) is 12.7. The molecule has 114 valence electrons. The zero-order chi connectivity index (χ0) is 16.0. The molecule has 21 heavy (non-hydrogen) atoms. The molecule has 1 aromatic heterocycles. The Bertz CT molecular complexity index is 798. The maximum Gasteiger partial charge on any atom is 0.419 e. The van der Waals surface area contributed by atoms with Crippen LogP contribution in [0.25, 0.3) is 11.4 Å². The SMILES string of the molecule is Cn1c(-c2cccc(C(F)(F)F)c2F)nnc1S(N)(=O)=O. The van der Waals surface area contributed by atoms with E-state index >= 15 is 0 Å². The van der Waals surface area contributed by atoms with Gasteiger partial charge in [-0.25, -0.2) is 17.9 Å². The summed E-state index contributed by atoms with van der Waals surface area (Å²) >= 11 is 0. The Morgan fingerprint density at radius 3 is 2.33 bits per heavy atom. The summed E-state index contributed by atoms with van der Waals surface area (Å²) in [6.07, 6.45) is -4.89. The molecule has 0 atom stereocenters. The van der Waals surface area contributed by atoms with Gasteiger partial charge in [-0.15, -0.1) is 10.2 Å². The van der Waals surface area contributed by atoms with Gasteiger partial charge in [-0.2, -0.15) is 13.2 Å². The zero-order valence-corrected chi connectivity index (χ0v) is 11.2. The third kappa shape index (κ3) is 2.74. The summed E-state index contributed by atoms with van der Waals surface area (Å²) in [5.74, 6) is -1.95. The molecule has 0 aliphatic rings. The number of rotatable bonds is 2. The second-order valence-corrected chi connectivity index (χ2v) is 5.53. The maximum atomic E-state index is 14.0. The lowest BCUT2D eigenvalue weighted by atomic mass is 10.1. The highest BCUT2D eigenvalue weighted by Gasteiger charge is 2.35. The van der Waals surface area contributed by atoms with Gasteiger partial charge in [0, 0.05) is 7.05 Å². The summed E-state index contributed by atoms with van der Waals surface area (Å²) in [7, 11) is -3.08. The average molecular weight is 324 g/mol. The van der Waals surface area contributed by atoms with Crippen LogP contribution in [-0.2, 0) is 23.2 Å². The van der Waals surface area contributed by atoms with Gasteiger partial charge in [0.25, 0.3) is 15.2 Å². The van der Waals surface area contributed by atoms with Gasteiger partial charge in [-0.3, -0.25) is 4.57 Å². The van der Waals surface area contributed by atoms with E-state index in [-0.39, 0.29) is 5.82 Å². The van der Waals surface area contributed by atoms with Crippen LogP contribution in [0.4, 0.5) is 17.6 Å². The lowest BCUT2D eigenvalue weighted by Gasteiger charge is -2.10. The molecule has 2 rings (SSSR count). The number of benzene rings is 1. The van der Waals surface area contributed by atoms with Crippen LogP contribution < -0.4 is 5.14 Å². The Morgan fingerprint density at radius 2 is 1.86 bits per heavy atom. The van der Waals surface area contributed by atoms with Gasteiger partial charge in [0.15, 0.2) is 5.82 Å². The van der Waals surface area contributed by atoms with Crippen LogP contribution in [-0.4, -0.2) is 23.2 Å². The van der Waals surface area contributed by atoms with Crippen molar-refractivity contribution in [3.05, 3.63) is 29.6 Å². The van der Waals surface area contributed by atoms with Crippen molar-refractivity contribution >= 4 is 10.0 Å². The number of nitrogens with zero attached hydrogens (tertiary/aromatic N) is 3. The highest BCUT2D eigenvalue weighted by Crippen LogP contribution is 2.35. The van der Waals surface area contributed by atoms with Crippen molar-refractivity contribution in [3.63, 3.8) is 0 Å². The monoisotopic (exact) mass is 324 g/mol. The number of alkyl halides is 3. The summed E-state index contributed by atoms with van der Waals surface area (Å²) in [5, 5.41) is 10.8. The van der Waals surface area contributed by atoms with Crippen molar-refractivity contribution in [1.29, 1.82) is 0 Å². The van der Waals surface area contributed by atoms with Crippen molar-refractivity contribution < 1.29 is 26.0 Å². The zero-order valence-electron chi connectivity index (χ0n) is 10.4. The molecule has 1 heterocycles. The Balaban J connectivity index is 2.68. The molecule has 0 saturated carbocycles. The fraction of sp³-hybridized carbons (Fsp3) is 0.200. The minimum Gasteiger partial charge on any atom is -0.300 e. The van der Waals surface area contributed by atoms with Gasteiger partial charge in [0.05, 0.1) is 11.1 Å². The minimum atomic E-state index is -4.89. The van der Waals surface area contributed by atoms with E-state index in [1.54, 1.807) is 0 Å². The Hall–Kier alpha value is -2.01. The third-order valence-electron chi connectivity index (χ3n) is 2.63. The van der Waals surface area contributed by atoms with Crippen molar-refractivity contribution in [3.8, 4) is 11.4 Å². The second kappa shape index (κ2) is 4.77. The first kappa shape index (κ1) is 15.4. The molecule has 2 N–H and O–H groups in total. The second-order valence-electron chi connectivity index (χ2n) is 4.08. The van der Waals surface area contributed by atoms with Crippen molar-refractivity contribution in [2.45, 2.75) is 11.3 Å². The third-order valence-corrected chi connectivity index (χ3v) is 3.50. The first-order valence-corrected chi connectivity index (χ1v) is 6.86. The van der Waals surface area contributed by atoms with E-state index in [2.05, 4.69) is 10.2 Å². The van der Waals surface area contributed by atoms with Gasteiger partial charge in [-0.1, -0.05) is 6.07 Å². The lowest BCUT2D eigenvalue weighted by Crippen LogP contribution is -2.17. The first-order chi connectivity index (χ1) is 9.53. The molecule has 0 aliphatic heterocycles. The predicted molar refractivity (Wildman–Crippen MR) is 62.8 cm³/mol. The molecule has 0 saturated heterocycles. The van der Waals surface area contributed by atoms with E-state index < -0.39 is 38.3 Å². The molecule has 2 aromatic rings. The summed E-state index contributed by atoms with van der Waals surface area (Å²) in [4.78, 5) is 0. The van der Waals surface area contributed by atoms with Gasteiger partial charge in [-0.05, 0) is 12.1 Å². The summed E-state index contributed by atoms with van der Waals surface area (Å²) in [5.41, 5.74) is -2.02. The summed E-state index contributed by atoms with van der Waals surface area (Å²) < 4.78 is 75.1. The Morgan fingerprint density at radius 1 is 1.24 bits per heavy atom. The largest absolute Gasteiger partial charge is 0.419 e. The molecule has 0 radical (unpaired) electrons. The quantitative estimate of drug-likeness (QED) is 0.843. The molecular weight excluding hydrogens is 316 g/mol. The van der Waals surface area contributed by atoms with E-state index in [1.165, 1.54) is 0 Å². The van der Waals surface area contributed by atoms with E-state index in [0.717, 1.165) is 23.7 Å². The minimum absolute atomic E-state index is 0.386. The van der Waals surface area contributed by atoms with Crippen molar-refractivity contribution in [2.24, 2.45) is 12.2 Å². The van der Waals surface area contributed by atoms with Gasteiger partial charge < -0.3 is 0 Å². The van der Waals surface area contributed by atoms with E-state index in [9.17, 15) is 26.0 Å². The smallest absolute Gasteiger partial charge is 0.300 e. The van der Waals surface area contributed by atoms with Crippen molar-refractivity contribution in [1.82, 2.24) is 14.8 Å². The number of primary sulfonamides is 1. The van der Waals surface area contributed by atoms with Gasteiger partial charge in [0.1, 0.15) is 5.82 Å². The molecular formula is C10H8F4N4O2S. The van der Waals surface area contributed by atoms with Gasteiger partial charge in [0.2, 0.25) is 0 Å². The van der Waals surface area contributed by atoms with Crippen LogP contribution in [0, 0.1) is 5.82 Å². The van der Waals surface area contributed by atoms with Crippen LogP contribution in [0.15, 0.2) is 23.4 Å². The lowest BCUT2D eigenvalue weighted by molar-refractivity contribution is -0.139.